The number of imidazole rings is 1. The highest BCUT2D eigenvalue weighted by molar-refractivity contribution is 5.95. The number of para-hydroxylation sites is 1. The Hall–Kier alpha value is -4.96. The first kappa shape index (κ1) is 32.6. The first-order valence-corrected chi connectivity index (χ1v) is 13.6. The van der Waals surface area contributed by atoms with Gasteiger partial charge in [0.15, 0.2) is 5.96 Å². The molecule has 3 aromatic rings. The number of H-pyrrole nitrogens is 2. The second-order valence-corrected chi connectivity index (χ2v) is 10.1. The molecular weight excluding hydrogens is 560 g/mol. The number of hydrogen-bond acceptors (Lipinski definition) is 8. The number of carbonyl (C=O) groups is 4. The number of carboxylic acids is 1. The third-order valence-electron chi connectivity index (χ3n) is 6.69. The van der Waals surface area contributed by atoms with Crippen LogP contribution in [0.4, 0.5) is 0 Å². The summed E-state index contributed by atoms with van der Waals surface area (Å²) in [5.41, 5.74) is 18.5. The average molecular weight is 599 g/mol. The molecule has 0 aliphatic carbocycles. The summed E-state index contributed by atoms with van der Waals surface area (Å²) in [6.07, 6.45) is 3.65. The topological polar surface area (TPSA) is 280 Å². The standard InChI is InChI=1S/C27H38N10O6/c1-14(38)22(37-23(39)18(28)6-4-8-32-27(29)30)25(41)35-20(9-15-11-33-19-7-3-2-5-17(15)19)24(40)36-21(26(42)43)10-16-12-31-13-34-16/h2-3,5,7,11-14,18,20-22,33,38H,4,6,8-10,28H2,1H3,(H,31,34)(H,35,41)(H,36,40)(H,37,39)(H,42,43)(H4,29,30,32). The summed E-state index contributed by atoms with van der Waals surface area (Å²) in [6.45, 7) is 1.56. The summed E-state index contributed by atoms with van der Waals surface area (Å²) >= 11 is 0. The van der Waals surface area contributed by atoms with Crippen molar-refractivity contribution in [2.24, 2.45) is 22.2 Å². The molecule has 0 fully saturated rings. The fourth-order valence-electron chi connectivity index (χ4n) is 4.40. The van der Waals surface area contributed by atoms with Gasteiger partial charge in [0.1, 0.15) is 18.1 Å². The maximum absolute atomic E-state index is 13.5. The van der Waals surface area contributed by atoms with Gasteiger partial charge in [0.05, 0.1) is 18.5 Å². The van der Waals surface area contributed by atoms with Gasteiger partial charge in [-0.1, -0.05) is 18.2 Å². The molecule has 5 atom stereocenters. The van der Waals surface area contributed by atoms with Crippen LogP contribution in [0, 0.1) is 0 Å². The molecule has 13 N–H and O–H groups in total. The molecule has 2 aromatic heterocycles. The van der Waals surface area contributed by atoms with Crippen LogP contribution < -0.4 is 33.2 Å². The fraction of sp³-hybridized carbons (Fsp3) is 0.407. The van der Waals surface area contributed by atoms with Crippen LogP contribution in [0.1, 0.15) is 31.0 Å². The van der Waals surface area contributed by atoms with E-state index in [2.05, 4.69) is 35.9 Å². The van der Waals surface area contributed by atoms with Crippen molar-refractivity contribution in [3.8, 4) is 0 Å². The van der Waals surface area contributed by atoms with E-state index in [0.29, 0.717) is 17.7 Å². The summed E-state index contributed by atoms with van der Waals surface area (Å²) in [6, 6.07) is 2.24. The van der Waals surface area contributed by atoms with E-state index < -0.39 is 54.0 Å². The van der Waals surface area contributed by atoms with Crippen LogP contribution in [0.2, 0.25) is 0 Å². The highest BCUT2D eigenvalue weighted by Gasteiger charge is 2.33. The van der Waals surface area contributed by atoms with E-state index >= 15 is 0 Å². The molecule has 2 heterocycles. The summed E-state index contributed by atoms with van der Waals surface area (Å²) in [7, 11) is 0. The van der Waals surface area contributed by atoms with E-state index in [9.17, 15) is 29.4 Å². The normalized spacial score (nSPS) is 14.6. The molecule has 3 amide bonds. The van der Waals surface area contributed by atoms with Crippen LogP contribution in [0.5, 0.6) is 0 Å². The summed E-state index contributed by atoms with van der Waals surface area (Å²) in [4.78, 5) is 65.1. The SMILES string of the molecule is CC(O)C(NC(=O)C(N)CCCN=C(N)N)C(=O)NC(Cc1c[nH]c2ccccc12)C(=O)NC(Cc1cnc[nH]1)C(=O)O. The fourth-order valence-corrected chi connectivity index (χ4v) is 4.40. The summed E-state index contributed by atoms with van der Waals surface area (Å²) < 4.78 is 0. The number of carbonyl (C=O) groups excluding carboxylic acids is 3. The molecular formula is C27H38N10O6. The number of amides is 3. The second-order valence-electron chi connectivity index (χ2n) is 10.1. The molecule has 0 saturated heterocycles. The highest BCUT2D eigenvalue weighted by Crippen LogP contribution is 2.19. The molecule has 0 spiro atoms. The van der Waals surface area contributed by atoms with E-state index in [0.717, 1.165) is 10.9 Å². The molecule has 16 heteroatoms. The van der Waals surface area contributed by atoms with Gasteiger partial charge in [0.25, 0.3) is 0 Å². The van der Waals surface area contributed by atoms with E-state index in [-0.39, 0.29) is 31.8 Å². The van der Waals surface area contributed by atoms with Gasteiger partial charge < -0.3 is 53.3 Å². The molecule has 0 bridgehead atoms. The average Bonchev–Trinajstić information content (AvgIpc) is 3.62. The Bertz CT molecular complexity index is 1420. The van der Waals surface area contributed by atoms with Crippen molar-refractivity contribution in [3.63, 3.8) is 0 Å². The van der Waals surface area contributed by atoms with Crippen molar-refractivity contribution in [1.82, 2.24) is 30.9 Å². The Balaban J connectivity index is 1.78. The monoisotopic (exact) mass is 598 g/mol. The summed E-state index contributed by atoms with van der Waals surface area (Å²) in [5.74, 6) is -3.72. The maximum Gasteiger partial charge on any atom is 0.326 e. The number of guanidine groups is 1. The number of nitrogens with one attached hydrogen (secondary N) is 5. The Morgan fingerprint density at radius 2 is 1.72 bits per heavy atom. The van der Waals surface area contributed by atoms with Crippen LogP contribution in [-0.2, 0) is 32.0 Å². The number of aliphatic imine (C=N–C) groups is 1. The number of aromatic amines is 2. The quantitative estimate of drug-likeness (QED) is 0.0490. The van der Waals surface area contributed by atoms with Crippen LogP contribution in [0.15, 0.2) is 48.0 Å². The molecule has 0 aliphatic heterocycles. The molecule has 1 aromatic carbocycles. The number of carboxylic acid groups (broad SMARTS) is 1. The number of nitrogens with zero attached hydrogens (tertiary/aromatic N) is 2. The number of hydrogen-bond donors (Lipinski definition) is 10. The van der Waals surface area contributed by atoms with Crippen molar-refractivity contribution in [3.05, 3.63) is 54.2 Å². The highest BCUT2D eigenvalue weighted by atomic mass is 16.4. The van der Waals surface area contributed by atoms with Crippen LogP contribution in [0.3, 0.4) is 0 Å². The van der Waals surface area contributed by atoms with Crippen molar-refractivity contribution in [2.75, 3.05) is 6.54 Å². The number of aliphatic hydroxyl groups excluding tert-OH is 1. The lowest BCUT2D eigenvalue weighted by Gasteiger charge is -2.26. The number of aliphatic carboxylic acids is 1. The van der Waals surface area contributed by atoms with Gasteiger partial charge in [-0.3, -0.25) is 19.4 Å². The van der Waals surface area contributed by atoms with E-state index in [4.69, 9.17) is 17.2 Å². The zero-order valence-electron chi connectivity index (χ0n) is 23.6. The van der Waals surface area contributed by atoms with Crippen LogP contribution >= 0.6 is 0 Å². The van der Waals surface area contributed by atoms with Gasteiger partial charge >= 0.3 is 5.97 Å². The Morgan fingerprint density at radius 3 is 2.37 bits per heavy atom. The lowest BCUT2D eigenvalue weighted by Crippen LogP contribution is -2.60. The van der Waals surface area contributed by atoms with Crippen LogP contribution in [-0.4, -0.2) is 91.6 Å². The maximum atomic E-state index is 13.5. The Labute approximate surface area is 246 Å². The molecule has 0 aliphatic rings. The number of aliphatic hydroxyl groups is 1. The van der Waals surface area contributed by atoms with Gasteiger partial charge in [-0.2, -0.15) is 0 Å². The van der Waals surface area contributed by atoms with Crippen LogP contribution in [0.25, 0.3) is 10.9 Å². The van der Waals surface area contributed by atoms with Gasteiger partial charge in [-0.25, -0.2) is 9.78 Å². The molecule has 43 heavy (non-hydrogen) atoms. The van der Waals surface area contributed by atoms with Crippen molar-refractivity contribution in [1.29, 1.82) is 0 Å². The van der Waals surface area contributed by atoms with Crippen molar-refractivity contribution in [2.45, 2.75) is 62.9 Å². The first-order valence-electron chi connectivity index (χ1n) is 13.6. The van der Waals surface area contributed by atoms with Gasteiger partial charge in [-0.15, -0.1) is 0 Å². The molecule has 0 radical (unpaired) electrons. The number of aromatic nitrogens is 3. The molecule has 5 unspecified atom stereocenters. The Morgan fingerprint density at radius 1 is 1.00 bits per heavy atom. The zero-order chi connectivity index (χ0) is 31.5. The molecule has 232 valence electrons. The van der Waals surface area contributed by atoms with E-state index in [1.165, 1.54) is 19.4 Å². The first-order chi connectivity index (χ1) is 20.5. The largest absolute Gasteiger partial charge is 0.480 e. The predicted octanol–water partition coefficient (Wildman–Crippen LogP) is -2.02. The third-order valence-corrected chi connectivity index (χ3v) is 6.69. The van der Waals surface area contributed by atoms with Crippen molar-refractivity contribution < 1.29 is 29.4 Å². The lowest BCUT2D eigenvalue weighted by atomic mass is 10.0. The molecule has 0 saturated carbocycles. The van der Waals surface area contributed by atoms with Gasteiger partial charge in [0.2, 0.25) is 17.7 Å². The van der Waals surface area contributed by atoms with E-state index in [1.807, 2.05) is 24.3 Å². The number of nitrogens with two attached hydrogens (primary N) is 3. The lowest BCUT2D eigenvalue weighted by molar-refractivity contribution is -0.142. The van der Waals surface area contributed by atoms with Crippen molar-refractivity contribution >= 4 is 40.6 Å². The van der Waals surface area contributed by atoms with Gasteiger partial charge in [0, 0.05) is 48.4 Å². The minimum absolute atomic E-state index is 0.0250. The minimum Gasteiger partial charge on any atom is -0.480 e. The number of benzene rings is 1. The molecule has 3 rings (SSSR count). The zero-order valence-corrected chi connectivity index (χ0v) is 23.6. The predicted molar refractivity (Wildman–Crippen MR) is 157 cm³/mol. The smallest absolute Gasteiger partial charge is 0.326 e. The third kappa shape index (κ3) is 9.54. The number of rotatable bonds is 16. The molecule has 16 nitrogen and oxygen atoms in total. The van der Waals surface area contributed by atoms with Gasteiger partial charge in [-0.05, 0) is 31.4 Å². The Kier molecular flexibility index (Phi) is 11.6. The second kappa shape index (κ2) is 15.3. The summed E-state index contributed by atoms with van der Waals surface area (Å²) in [5, 5.41) is 28.4. The minimum atomic E-state index is -1.46. The van der Waals surface area contributed by atoms with E-state index in [1.54, 1.807) is 6.20 Å². The number of fused-ring (bicyclic) bond motifs is 1.